The predicted molar refractivity (Wildman–Crippen MR) is 112 cm³/mol. The minimum Gasteiger partial charge on any atom is -0.489 e. The van der Waals surface area contributed by atoms with Gasteiger partial charge in [0, 0.05) is 45.3 Å². The normalized spacial score (nSPS) is 19.6. The molecule has 7 heteroatoms. The zero-order valence-corrected chi connectivity index (χ0v) is 17.2. The zero-order valence-electron chi connectivity index (χ0n) is 16.4. The summed E-state index contributed by atoms with van der Waals surface area (Å²) in [5, 5.41) is 0.405. The van der Waals surface area contributed by atoms with Gasteiger partial charge in [0.05, 0.1) is 0 Å². The molecule has 29 heavy (non-hydrogen) atoms. The van der Waals surface area contributed by atoms with Crippen molar-refractivity contribution in [3.63, 3.8) is 0 Å². The maximum atomic E-state index is 6.03. The van der Waals surface area contributed by atoms with E-state index in [1.54, 1.807) is 18.7 Å². The topological polar surface area (TPSA) is 47.1 Å². The molecule has 0 aromatic carbocycles. The number of hydrogen-bond donors (Lipinski definition) is 0. The van der Waals surface area contributed by atoms with Crippen LogP contribution in [0.4, 0.5) is 0 Å². The number of allylic oxidation sites excluding steroid dienone is 4. The van der Waals surface area contributed by atoms with Gasteiger partial charge in [0.1, 0.15) is 19.1 Å². The molecule has 4 rings (SSSR count). The fourth-order valence-corrected chi connectivity index (χ4v) is 3.80. The van der Waals surface area contributed by atoms with Crippen molar-refractivity contribution in [2.24, 2.45) is 0 Å². The van der Waals surface area contributed by atoms with Crippen LogP contribution in [0, 0.1) is 0 Å². The highest BCUT2D eigenvalue weighted by Crippen LogP contribution is 2.28. The average molecular weight is 416 g/mol. The van der Waals surface area contributed by atoms with Gasteiger partial charge in [-0.2, -0.15) is 0 Å². The van der Waals surface area contributed by atoms with E-state index in [-0.39, 0.29) is 0 Å². The molecule has 0 bridgehead atoms. The molecule has 0 amide bonds. The van der Waals surface area contributed by atoms with E-state index in [0.29, 0.717) is 17.5 Å². The zero-order chi connectivity index (χ0) is 19.9. The lowest BCUT2D eigenvalue weighted by atomic mass is 10.0. The van der Waals surface area contributed by atoms with Crippen LogP contribution in [-0.2, 0) is 9.47 Å². The van der Waals surface area contributed by atoms with Gasteiger partial charge in [0.15, 0.2) is 16.7 Å². The molecular formula is C22H26ClN3O3. The maximum absolute atomic E-state index is 6.03. The lowest BCUT2D eigenvalue weighted by Crippen LogP contribution is -2.47. The molecule has 1 saturated heterocycles. The van der Waals surface area contributed by atoms with Crippen molar-refractivity contribution in [3.05, 3.63) is 71.5 Å². The molecule has 6 nitrogen and oxygen atoms in total. The van der Waals surface area contributed by atoms with E-state index in [4.69, 9.17) is 25.8 Å². The summed E-state index contributed by atoms with van der Waals surface area (Å²) in [6.07, 6.45) is 14.4. The SMILES string of the molecule is Clc1ncccc1OCCN1CCN(C2=C(CC3=CC=CCC3)OC=CO2)CC1. The first-order chi connectivity index (χ1) is 14.3. The Morgan fingerprint density at radius 2 is 2.00 bits per heavy atom. The second kappa shape index (κ2) is 9.85. The van der Waals surface area contributed by atoms with Gasteiger partial charge in [0.2, 0.25) is 5.88 Å². The highest BCUT2D eigenvalue weighted by molar-refractivity contribution is 6.30. The van der Waals surface area contributed by atoms with Crippen molar-refractivity contribution < 1.29 is 14.2 Å². The van der Waals surface area contributed by atoms with Crippen LogP contribution in [0.2, 0.25) is 5.15 Å². The lowest BCUT2D eigenvalue weighted by Gasteiger charge is -2.37. The molecule has 3 aliphatic rings. The van der Waals surface area contributed by atoms with Gasteiger partial charge in [-0.1, -0.05) is 35.4 Å². The number of rotatable bonds is 7. The fraction of sp³-hybridized carbons (Fsp3) is 0.409. The summed E-state index contributed by atoms with van der Waals surface area (Å²) in [6.45, 7) is 5.11. The van der Waals surface area contributed by atoms with Gasteiger partial charge in [-0.05, 0) is 25.0 Å². The summed E-state index contributed by atoms with van der Waals surface area (Å²) in [5.41, 5.74) is 1.38. The third-order valence-corrected chi connectivity index (χ3v) is 5.51. The molecule has 1 aliphatic carbocycles. The molecule has 0 saturated carbocycles. The van der Waals surface area contributed by atoms with Crippen LogP contribution < -0.4 is 4.74 Å². The largest absolute Gasteiger partial charge is 0.489 e. The minimum absolute atomic E-state index is 0.405. The van der Waals surface area contributed by atoms with E-state index in [1.807, 2.05) is 12.1 Å². The molecule has 3 heterocycles. The second-order valence-electron chi connectivity index (χ2n) is 7.17. The first kappa shape index (κ1) is 19.9. The smallest absolute Gasteiger partial charge is 0.234 e. The van der Waals surface area contributed by atoms with Crippen molar-refractivity contribution in [2.45, 2.75) is 19.3 Å². The summed E-state index contributed by atoms with van der Waals surface area (Å²) in [6, 6.07) is 3.67. The number of ether oxygens (including phenoxy) is 3. The number of hydrogen-bond acceptors (Lipinski definition) is 6. The molecule has 1 aromatic rings. The monoisotopic (exact) mass is 415 g/mol. The van der Waals surface area contributed by atoms with Gasteiger partial charge >= 0.3 is 0 Å². The van der Waals surface area contributed by atoms with Gasteiger partial charge in [-0.15, -0.1) is 0 Å². The van der Waals surface area contributed by atoms with Crippen LogP contribution in [-0.4, -0.2) is 54.1 Å². The van der Waals surface area contributed by atoms with Crippen molar-refractivity contribution in [1.29, 1.82) is 0 Å². The van der Waals surface area contributed by atoms with E-state index >= 15 is 0 Å². The molecule has 0 radical (unpaired) electrons. The van der Waals surface area contributed by atoms with Gasteiger partial charge in [-0.3, -0.25) is 4.90 Å². The van der Waals surface area contributed by atoms with Crippen LogP contribution in [0.25, 0.3) is 0 Å². The maximum Gasteiger partial charge on any atom is 0.234 e. The molecule has 1 aromatic heterocycles. The van der Waals surface area contributed by atoms with Crippen LogP contribution in [0.1, 0.15) is 19.3 Å². The molecule has 2 aliphatic heterocycles. The molecule has 0 spiro atoms. The number of halogens is 1. The lowest BCUT2D eigenvalue weighted by molar-refractivity contribution is 0.0733. The number of piperazine rings is 1. The first-order valence-electron chi connectivity index (χ1n) is 10.1. The van der Waals surface area contributed by atoms with Crippen LogP contribution >= 0.6 is 11.6 Å². The standard InChI is InChI=1S/C22H26ClN3O3/c23-21-19(7-4-8-24-21)27-14-13-25-9-11-26(12-10-25)22-20(28-15-16-29-22)17-18-5-2-1-3-6-18/h1-2,4-5,7-8,15-16H,3,6,9-14,17H2. The quantitative estimate of drug-likeness (QED) is 0.625. The highest BCUT2D eigenvalue weighted by atomic mass is 35.5. The Balaban J connectivity index is 1.28. The predicted octanol–water partition coefficient (Wildman–Crippen LogP) is 4.09. The second-order valence-corrected chi connectivity index (χ2v) is 7.53. The van der Waals surface area contributed by atoms with Gasteiger partial charge in [-0.25, -0.2) is 4.98 Å². The number of aromatic nitrogens is 1. The summed E-state index contributed by atoms with van der Waals surface area (Å²) < 4.78 is 17.4. The molecule has 0 atom stereocenters. The van der Waals surface area contributed by atoms with Crippen molar-refractivity contribution in [1.82, 2.24) is 14.8 Å². The summed E-state index contributed by atoms with van der Waals surface area (Å²) in [5.74, 6) is 2.38. The van der Waals surface area contributed by atoms with Crippen LogP contribution in [0.5, 0.6) is 5.75 Å². The van der Waals surface area contributed by atoms with Crippen LogP contribution in [0.15, 0.2) is 66.3 Å². The average Bonchev–Trinajstić information content (AvgIpc) is 2.77. The van der Waals surface area contributed by atoms with E-state index < -0.39 is 0 Å². The van der Waals surface area contributed by atoms with Crippen LogP contribution in [0.3, 0.4) is 0 Å². The molecule has 1 fully saturated rings. The summed E-state index contributed by atoms with van der Waals surface area (Å²) >= 11 is 6.03. The Hall–Kier alpha value is -2.44. The summed E-state index contributed by atoms with van der Waals surface area (Å²) in [4.78, 5) is 8.69. The Morgan fingerprint density at radius 3 is 2.79 bits per heavy atom. The Bertz CT molecular complexity index is 826. The molecular weight excluding hydrogens is 390 g/mol. The number of pyridine rings is 1. The minimum atomic E-state index is 0.405. The molecule has 154 valence electrons. The van der Waals surface area contributed by atoms with E-state index in [0.717, 1.165) is 63.6 Å². The molecule has 0 N–H and O–H groups in total. The van der Waals surface area contributed by atoms with E-state index in [2.05, 4.69) is 33.0 Å². The first-order valence-corrected chi connectivity index (χ1v) is 10.4. The molecule has 0 unspecified atom stereocenters. The third-order valence-electron chi connectivity index (χ3n) is 5.22. The van der Waals surface area contributed by atoms with E-state index in [9.17, 15) is 0 Å². The fourth-order valence-electron chi connectivity index (χ4n) is 3.63. The van der Waals surface area contributed by atoms with Gasteiger partial charge in [0.25, 0.3) is 0 Å². The van der Waals surface area contributed by atoms with Crippen molar-refractivity contribution in [2.75, 3.05) is 39.3 Å². The Morgan fingerprint density at radius 1 is 1.14 bits per heavy atom. The third kappa shape index (κ3) is 5.34. The highest BCUT2D eigenvalue weighted by Gasteiger charge is 2.25. The Kier molecular flexibility index (Phi) is 6.75. The van der Waals surface area contributed by atoms with Crippen molar-refractivity contribution >= 4 is 11.6 Å². The van der Waals surface area contributed by atoms with Gasteiger partial charge < -0.3 is 19.1 Å². The van der Waals surface area contributed by atoms with Crippen molar-refractivity contribution in [3.8, 4) is 5.75 Å². The summed E-state index contributed by atoms with van der Waals surface area (Å²) in [7, 11) is 0. The van der Waals surface area contributed by atoms with E-state index in [1.165, 1.54) is 5.57 Å². The number of nitrogens with zero attached hydrogens (tertiary/aromatic N) is 3. The Labute approximate surface area is 176 Å².